The summed E-state index contributed by atoms with van der Waals surface area (Å²) in [5.41, 5.74) is 1.63. The third-order valence-corrected chi connectivity index (χ3v) is 8.73. The molecule has 2 aliphatic heterocycles. The summed E-state index contributed by atoms with van der Waals surface area (Å²) in [5.74, 6) is 1.40. The number of benzene rings is 1. The van der Waals surface area contributed by atoms with E-state index in [1.54, 1.807) is 12.1 Å². The van der Waals surface area contributed by atoms with Gasteiger partial charge in [0.15, 0.2) is 0 Å². The number of piperidine rings is 1. The lowest BCUT2D eigenvalue weighted by Gasteiger charge is -2.41. The van der Waals surface area contributed by atoms with Gasteiger partial charge >= 0.3 is 5.69 Å². The monoisotopic (exact) mass is 472 g/mol. The molecule has 5 rings (SSSR count). The van der Waals surface area contributed by atoms with E-state index >= 15 is 0 Å². The van der Waals surface area contributed by atoms with E-state index in [9.17, 15) is 9.18 Å². The Balaban J connectivity index is 1.29. The van der Waals surface area contributed by atoms with Gasteiger partial charge in [0.2, 0.25) is 0 Å². The van der Waals surface area contributed by atoms with Gasteiger partial charge in [-0.3, -0.25) is 14.0 Å². The zero-order valence-electron chi connectivity index (χ0n) is 20.9. The van der Waals surface area contributed by atoms with Gasteiger partial charge in [-0.05, 0) is 68.6 Å². The van der Waals surface area contributed by atoms with Crippen LogP contribution in [0.5, 0.6) is 0 Å². The predicted molar refractivity (Wildman–Crippen MR) is 134 cm³/mol. The van der Waals surface area contributed by atoms with Crippen LogP contribution in [0.1, 0.15) is 58.4 Å². The molecule has 1 aromatic carbocycles. The second-order valence-electron chi connectivity index (χ2n) is 11.0. The highest BCUT2D eigenvalue weighted by Crippen LogP contribution is 2.35. The molecule has 6 nitrogen and oxygen atoms in total. The highest BCUT2D eigenvalue weighted by molar-refractivity contribution is 5.76. The van der Waals surface area contributed by atoms with Crippen molar-refractivity contribution in [1.82, 2.24) is 18.9 Å². The first-order valence-corrected chi connectivity index (χ1v) is 13.5. The fraction of sp³-hybridized carbons (Fsp3) is 0.741. The number of hydrogen-bond acceptors (Lipinski definition) is 4. The first-order valence-electron chi connectivity index (χ1n) is 13.5. The first-order chi connectivity index (χ1) is 16.5. The Labute approximate surface area is 202 Å². The van der Waals surface area contributed by atoms with Crippen LogP contribution in [0.2, 0.25) is 0 Å². The first kappa shape index (κ1) is 24.0. The molecule has 188 valence electrons. The van der Waals surface area contributed by atoms with E-state index in [0.717, 1.165) is 81.6 Å². The van der Waals surface area contributed by atoms with Crippen molar-refractivity contribution in [3.8, 4) is 0 Å². The van der Waals surface area contributed by atoms with Gasteiger partial charge in [0.05, 0.1) is 24.2 Å². The quantitative estimate of drug-likeness (QED) is 0.634. The summed E-state index contributed by atoms with van der Waals surface area (Å²) in [6.07, 6.45) is 7.22. The summed E-state index contributed by atoms with van der Waals surface area (Å²) in [6.45, 7) is 11.5. The number of fused-ring (bicyclic) bond motifs is 1. The van der Waals surface area contributed by atoms with Crippen LogP contribution in [-0.4, -0.2) is 70.9 Å². The topological polar surface area (TPSA) is 42.6 Å². The van der Waals surface area contributed by atoms with Crippen LogP contribution in [0, 0.1) is 17.7 Å². The minimum atomic E-state index is -0.272. The smallest absolute Gasteiger partial charge is 0.329 e. The predicted octanol–water partition coefficient (Wildman–Crippen LogP) is 4.13. The van der Waals surface area contributed by atoms with Gasteiger partial charge in [-0.1, -0.05) is 13.8 Å². The van der Waals surface area contributed by atoms with Gasteiger partial charge in [-0.2, -0.15) is 0 Å². The normalized spacial score (nSPS) is 26.0. The Hall–Kier alpha value is -1.70. The molecule has 0 bridgehead atoms. The minimum absolute atomic E-state index is 0.0183. The summed E-state index contributed by atoms with van der Waals surface area (Å²) in [4.78, 5) is 18.6. The lowest BCUT2D eigenvalue weighted by atomic mass is 9.79. The summed E-state index contributed by atoms with van der Waals surface area (Å²) < 4.78 is 23.5. The zero-order chi connectivity index (χ0) is 23.7. The van der Waals surface area contributed by atoms with Gasteiger partial charge in [-0.15, -0.1) is 0 Å². The van der Waals surface area contributed by atoms with Crippen LogP contribution < -0.4 is 5.69 Å². The molecular formula is C27H41FN4O2. The molecule has 0 N–H and O–H groups in total. The Morgan fingerprint density at radius 2 is 1.62 bits per heavy atom. The van der Waals surface area contributed by atoms with Crippen molar-refractivity contribution in [1.29, 1.82) is 0 Å². The van der Waals surface area contributed by atoms with Crippen LogP contribution in [0.25, 0.3) is 11.0 Å². The third kappa shape index (κ3) is 4.98. The Morgan fingerprint density at radius 3 is 2.29 bits per heavy atom. The maximum absolute atomic E-state index is 14.2. The standard InChI is InChI=1S/C27H41FN4O2/c1-20(2)21-3-6-23(7-4-21)30-11-9-24(10-12-30)32-26-19-22(28)5-8-25(26)31(27(32)33)14-13-29-15-17-34-18-16-29/h5,8,19-21,23-24H,3-4,6-7,9-18H2,1-2H3/t21-,23+. The lowest BCUT2D eigenvalue weighted by Crippen LogP contribution is -2.45. The number of likely N-dealkylation sites (tertiary alicyclic amines) is 1. The molecular weight excluding hydrogens is 431 g/mol. The van der Waals surface area contributed by atoms with Crippen molar-refractivity contribution >= 4 is 11.0 Å². The summed E-state index contributed by atoms with van der Waals surface area (Å²) >= 11 is 0. The number of hydrogen-bond donors (Lipinski definition) is 0. The average Bonchev–Trinajstić information content (AvgIpc) is 3.13. The van der Waals surface area contributed by atoms with Crippen LogP contribution in [0.4, 0.5) is 4.39 Å². The maximum Gasteiger partial charge on any atom is 0.329 e. The molecule has 1 saturated carbocycles. The summed E-state index contributed by atoms with van der Waals surface area (Å²) in [5, 5.41) is 0. The summed E-state index contributed by atoms with van der Waals surface area (Å²) in [6, 6.07) is 5.66. The third-order valence-electron chi connectivity index (χ3n) is 8.73. The Kier molecular flexibility index (Phi) is 7.42. The molecule has 0 amide bonds. The minimum Gasteiger partial charge on any atom is -0.379 e. The molecule has 3 heterocycles. The van der Waals surface area contributed by atoms with E-state index in [-0.39, 0.29) is 17.5 Å². The molecule has 34 heavy (non-hydrogen) atoms. The second-order valence-corrected chi connectivity index (χ2v) is 11.0. The second kappa shape index (κ2) is 10.5. The van der Waals surface area contributed by atoms with E-state index in [1.807, 2.05) is 9.13 Å². The number of nitrogens with zero attached hydrogens (tertiary/aromatic N) is 4. The fourth-order valence-electron chi connectivity index (χ4n) is 6.53. The molecule has 1 aromatic heterocycles. The number of ether oxygens (including phenoxy) is 1. The van der Waals surface area contributed by atoms with Gasteiger partial charge < -0.3 is 9.64 Å². The van der Waals surface area contributed by atoms with E-state index in [0.29, 0.717) is 12.6 Å². The van der Waals surface area contributed by atoms with Crippen molar-refractivity contribution in [2.45, 2.75) is 71.0 Å². The molecule has 0 spiro atoms. The average molecular weight is 473 g/mol. The van der Waals surface area contributed by atoms with Crippen molar-refractivity contribution < 1.29 is 9.13 Å². The van der Waals surface area contributed by atoms with Crippen LogP contribution >= 0.6 is 0 Å². The van der Waals surface area contributed by atoms with Crippen molar-refractivity contribution in [3.63, 3.8) is 0 Å². The molecule has 2 aromatic rings. The highest BCUT2D eigenvalue weighted by atomic mass is 19.1. The largest absolute Gasteiger partial charge is 0.379 e. The van der Waals surface area contributed by atoms with Crippen molar-refractivity contribution in [2.75, 3.05) is 45.9 Å². The number of aromatic nitrogens is 2. The molecule has 0 unspecified atom stereocenters. The van der Waals surface area contributed by atoms with E-state index < -0.39 is 0 Å². The zero-order valence-corrected chi connectivity index (χ0v) is 20.9. The number of morpholine rings is 1. The van der Waals surface area contributed by atoms with Crippen molar-refractivity contribution in [2.24, 2.45) is 11.8 Å². The Bertz CT molecular complexity index is 1010. The molecule has 2 saturated heterocycles. The molecule has 3 fully saturated rings. The van der Waals surface area contributed by atoms with Gasteiger partial charge in [0, 0.05) is 51.4 Å². The van der Waals surface area contributed by atoms with Crippen LogP contribution in [0.3, 0.4) is 0 Å². The summed E-state index contributed by atoms with van der Waals surface area (Å²) in [7, 11) is 0. The molecule has 0 atom stereocenters. The Morgan fingerprint density at radius 1 is 0.912 bits per heavy atom. The fourth-order valence-corrected chi connectivity index (χ4v) is 6.53. The van der Waals surface area contributed by atoms with Crippen LogP contribution in [-0.2, 0) is 11.3 Å². The maximum atomic E-state index is 14.2. The molecule has 3 aliphatic rings. The van der Waals surface area contributed by atoms with E-state index in [4.69, 9.17) is 4.74 Å². The SMILES string of the molecule is CC(C)[C@H]1CC[C@@H](N2CCC(n3c(=O)n(CCN4CCOCC4)c4ccc(F)cc43)CC2)CC1. The lowest BCUT2D eigenvalue weighted by molar-refractivity contribution is 0.0363. The number of rotatable bonds is 6. The highest BCUT2D eigenvalue weighted by Gasteiger charge is 2.31. The number of imidazole rings is 1. The van der Waals surface area contributed by atoms with Crippen LogP contribution in [0.15, 0.2) is 23.0 Å². The number of halogens is 1. The van der Waals surface area contributed by atoms with Gasteiger partial charge in [-0.25, -0.2) is 9.18 Å². The van der Waals surface area contributed by atoms with Gasteiger partial charge in [0.25, 0.3) is 0 Å². The molecule has 0 radical (unpaired) electrons. The van der Waals surface area contributed by atoms with Gasteiger partial charge in [0.1, 0.15) is 5.82 Å². The molecule has 1 aliphatic carbocycles. The van der Waals surface area contributed by atoms with E-state index in [1.165, 1.54) is 31.7 Å². The van der Waals surface area contributed by atoms with E-state index in [2.05, 4.69) is 23.6 Å². The van der Waals surface area contributed by atoms with Crippen molar-refractivity contribution in [3.05, 3.63) is 34.5 Å². The molecule has 7 heteroatoms.